The molecule has 0 radical (unpaired) electrons. The first-order valence-corrected chi connectivity index (χ1v) is 7.90. The topological polar surface area (TPSA) is 92.4 Å². The fraction of sp³-hybridized carbons (Fsp3) is 0.688. The normalized spacial score (nSPS) is 25.2. The van der Waals surface area contributed by atoms with E-state index < -0.39 is 17.4 Å². The molecule has 0 saturated heterocycles. The van der Waals surface area contributed by atoms with Crippen molar-refractivity contribution in [2.45, 2.75) is 64.3 Å². The zero-order valence-electron chi connectivity index (χ0n) is 13.4. The number of rotatable bonds is 5. The van der Waals surface area contributed by atoms with Gasteiger partial charge in [0, 0.05) is 12.0 Å². The largest absolute Gasteiger partial charge is 0.480 e. The molecule has 1 fully saturated rings. The second-order valence-electron chi connectivity index (χ2n) is 6.46. The van der Waals surface area contributed by atoms with Crippen molar-refractivity contribution in [2.24, 2.45) is 5.92 Å². The van der Waals surface area contributed by atoms with Crippen LogP contribution in [0, 0.1) is 5.92 Å². The minimum Gasteiger partial charge on any atom is -0.480 e. The number of carbonyl (C=O) groups excluding carboxylic acids is 1. The molecule has 0 spiro atoms. The maximum atomic E-state index is 12.3. The van der Waals surface area contributed by atoms with Crippen molar-refractivity contribution < 1.29 is 19.2 Å². The summed E-state index contributed by atoms with van der Waals surface area (Å²) in [5.41, 5.74) is -1.04. The fourth-order valence-corrected chi connectivity index (χ4v) is 2.92. The summed E-state index contributed by atoms with van der Waals surface area (Å²) in [6.07, 6.45) is 3.60. The summed E-state index contributed by atoms with van der Waals surface area (Å²) in [5.74, 6) is -0.161. The molecule has 1 aromatic rings. The van der Waals surface area contributed by atoms with Crippen molar-refractivity contribution in [1.82, 2.24) is 10.5 Å². The first-order chi connectivity index (χ1) is 10.4. The minimum atomic E-state index is -1.18. The fourth-order valence-electron chi connectivity index (χ4n) is 2.92. The number of hydrogen-bond donors (Lipinski definition) is 2. The molecule has 1 saturated carbocycles. The Kier molecular flexibility index (Phi) is 4.88. The molecule has 1 amide bonds. The van der Waals surface area contributed by atoms with Crippen LogP contribution in [0.4, 0.5) is 0 Å². The lowest BCUT2D eigenvalue weighted by molar-refractivity contribution is -0.146. The number of hydrogen-bond acceptors (Lipinski definition) is 4. The van der Waals surface area contributed by atoms with E-state index in [1.54, 1.807) is 6.07 Å². The van der Waals surface area contributed by atoms with E-state index in [2.05, 4.69) is 17.4 Å². The molecule has 0 unspecified atom stereocenters. The van der Waals surface area contributed by atoms with E-state index in [4.69, 9.17) is 4.52 Å². The van der Waals surface area contributed by atoms with E-state index in [-0.39, 0.29) is 11.6 Å². The number of amides is 1. The Morgan fingerprint density at radius 1 is 1.45 bits per heavy atom. The molecule has 1 aliphatic rings. The van der Waals surface area contributed by atoms with Crippen molar-refractivity contribution in [2.75, 3.05) is 0 Å². The Hall–Kier alpha value is -1.85. The van der Waals surface area contributed by atoms with Gasteiger partial charge in [-0.25, -0.2) is 4.79 Å². The Labute approximate surface area is 130 Å². The van der Waals surface area contributed by atoms with Crippen molar-refractivity contribution in [3.63, 3.8) is 0 Å². The highest BCUT2D eigenvalue weighted by Gasteiger charge is 2.43. The minimum absolute atomic E-state index is 0.127. The van der Waals surface area contributed by atoms with Crippen LogP contribution in [0.15, 0.2) is 10.6 Å². The number of aromatic nitrogens is 1. The summed E-state index contributed by atoms with van der Waals surface area (Å²) in [5, 5.41) is 16.0. The van der Waals surface area contributed by atoms with Crippen LogP contribution in [0.25, 0.3) is 0 Å². The summed E-state index contributed by atoms with van der Waals surface area (Å²) in [7, 11) is 0. The van der Waals surface area contributed by atoms with Crippen LogP contribution in [0.5, 0.6) is 0 Å². The van der Waals surface area contributed by atoms with Gasteiger partial charge in [0.05, 0.1) is 0 Å². The number of nitrogens with zero attached hydrogens (tertiary/aromatic N) is 1. The van der Waals surface area contributed by atoms with Gasteiger partial charge in [-0.05, 0) is 31.6 Å². The lowest BCUT2D eigenvalue weighted by Gasteiger charge is -2.37. The van der Waals surface area contributed by atoms with E-state index in [9.17, 15) is 14.7 Å². The molecule has 6 heteroatoms. The molecule has 0 bridgehead atoms. The SMILES string of the molecule is CCC1CCC(NC(=O)c2cc(C(C)C)on2)(C(=O)O)CC1. The van der Waals surface area contributed by atoms with Gasteiger partial charge in [-0.15, -0.1) is 0 Å². The van der Waals surface area contributed by atoms with E-state index in [1.807, 2.05) is 13.8 Å². The van der Waals surface area contributed by atoms with Crippen molar-refractivity contribution in [3.05, 3.63) is 17.5 Å². The van der Waals surface area contributed by atoms with Crippen LogP contribution in [0.3, 0.4) is 0 Å². The van der Waals surface area contributed by atoms with E-state index in [1.165, 1.54) is 0 Å². The monoisotopic (exact) mass is 308 g/mol. The molecule has 122 valence electrons. The highest BCUT2D eigenvalue weighted by molar-refractivity contribution is 5.96. The third kappa shape index (κ3) is 3.31. The van der Waals surface area contributed by atoms with Crippen molar-refractivity contribution in [1.29, 1.82) is 0 Å². The predicted molar refractivity (Wildman–Crippen MR) is 80.7 cm³/mol. The zero-order valence-corrected chi connectivity index (χ0v) is 13.4. The molecule has 22 heavy (non-hydrogen) atoms. The van der Waals surface area contributed by atoms with Crippen LogP contribution in [0.2, 0.25) is 0 Å². The number of nitrogens with one attached hydrogen (secondary N) is 1. The standard InChI is InChI=1S/C16H24N2O4/c1-4-11-5-7-16(8-6-11,15(20)21)17-14(19)12-9-13(10(2)3)22-18-12/h9-11H,4-8H2,1-3H3,(H,17,19)(H,20,21). The van der Waals surface area contributed by atoms with Gasteiger partial charge in [0.25, 0.3) is 5.91 Å². The molecule has 0 aliphatic heterocycles. The first kappa shape index (κ1) is 16.5. The van der Waals surface area contributed by atoms with Gasteiger partial charge >= 0.3 is 5.97 Å². The third-order valence-corrected chi connectivity index (χ3v) is 4.63. The molecular weight excluding hydrogens is 284 g/mol. The Morgan fingerprint density at radius 2 is 2.09 bits per heavy atom. The second kappa shape index (κ2) is 6.50. The van der Waals surface area contributed by atoms with Gasteiger partial charge < -0.3 is 14.9 Å². The van der Waals surface area contributed by atoms with Crippen LogP contribution >= 0.6 is 0 Å². The molecule has 1 heterocycles. The lowest BCUT2D eigenvalue weighted by Crippen LogP contribution is -2.56. The van der Waals surface area contributed by atoms with Gasteiger partial charge in [-0.2, -0.15) is 0 Å². The van der Waals surface area contributed by atoms with Gasteiger partial charge in [-0.1, -0.05) is 32.3 Å². The summed E-state index contributed by atoms with van der Waals surface area (Å²) >= 11 is 0. The van der Waals surface area contributed by atoms with Crippen LogP contribution in [0.1, 0.15) is 75.0 Å². The summed E-state index contributed by atoms with van der Waals surface area (Å²) in [6.45, 7) is 5.99. The quantitative estimate of drug-likeness (QED) is 0.872. The molecule has 1 aromatic heterocycles. The number of carboxylic acids is 1. The summed E-state index contributed by atoms with van der Waals surface area (Å²) in [4.78, 5) is 24.0. The molecular formula is C16H24N2O4. The van der Waals surface area contributed by atoms with Crippen LogP contribution < -0.4 is 5.32 Å². The summed E-state index contributed by atoms with van der Waals surface area (Å²) in [6, 6.07) is 1.58. The average molecular weight is 308 g/mol. The molecule has 0 aromatic carbocycles. The van der Waals surface area contributed by atoms with E-state index in [0.29, 0.717) is 24.5 Å². The number of carboxylic acid groups (broad SMARTS) is 1. The van der Waals surface area contributed by atoms with Gasteiger partial charge in [0.2, 0.25) is 0 Å². The third-order valence-electron chi connectivity index (χ3n) is 4.63. The van der Waals surface area contributed by atoms with Crippen LogP contribution in [-0.2, 0) is 4.79 Å². The molecule has 1 aliphatic carbocycles. The van der Waals surface area contributed by atoms with Crippen LogP contribution in [-0.4, -0.2) is 27.7 Å². The van der Waals surface area contributed by atoms with E-state index in [0.717, 1.165) is 19.3 Å². The first-order valence-electron chi connectivity index (χ1n) is 7.90. The second-order valence-corrected chi connectivity index (χ2v) is 6.46. The van der Waals surface area contributed by atoms with Gasteiger partial charge in [-0.3, -0.25) is 4.79 Å². The molecule has 2 N–H and O–H groups in total. The summed E-state index contributed by atoms with van der Waals surface area (Å²) < 4.78 is 5.11. The maximum absolute atomic E-state index is 12.3. The number of carbonyl (C=O) groups is 2. The molecule has 2 rings (SSSR count). The Balaban J connectivity index is 2.11. The molecule has 0 atom stereocenters. The molecule has 6 nitrogen and oxygen atoms in total. The van der Waals surface area contributed by atoms with Crippen molar-refractivity contribution >= 4 is 11.9 Å². The van der Waals surface area contributed by atoms with Gasteiger partial charge in [0.15, 0.2) is 5.69 Å². The predicted octanol–water partition coefficient (Wildman–Crippen LogP) is 2.95. The van der Waals surface area contributed by atoms with Gasteiger partial charge in [0.1, 0.15) is 11.3 Å². The number of aliphatic carboxylic acids is 1. The smallest absolute Gasteiger partial charge is 0.329 e. The average Bonchev–Trinajstić information content (AvgIpc) is 2.98. The Morgan fingerprint density at radius 3 is 2.55 bits per heavy atom. The Bertz CT molecular complexity index is 542. The highest BCUT2D eigenvalue weighted by atomic mass is 16.5. The van der Waals surface area contributed by atoms with E-state index >= 15 is 0 Å². The maximum Gasteiger partial charge on any atom is 0.329 e. The zero-order chi connectivity index (χ0) is 16.3. The van der Waals surface area contributed by atoms with Crippen molar-refractivity contribution in [3.8, 4) is 0 Å². The highest BCUT2D eigenvalue weighted by Crippen LogP contribution is 2.34. The lowest BCUT2D eigenvalue weighted by atomic mass is 9.75.